The first-order valence-electron chi connectivity index (χ1n) is 5.72. The van der Waals surface area contributed by atoms with Gasteiger partial charge < -0.3 is 10.2 Å². The van der Waals surface area contributed by atoms with E-state index in [2.05, 4.69) is 5.43 Å². The van der Waals surface area contributed by atoms with Crippen LogP contribution in [0.1, 0.15) is 5.56 Å². The summed E-state index contributed by atoms with van der Waals surface area (Å²) in [7, 11) is 0. The summed E-state index contributed by atoms with van der Waals surface area (Å²) in [5, 5.41) is 10.7. The van der Waals surface area contributed by atoms with E-state index in [-0.39, 0.29) is 12.3 Å². The molecule has 3 N–H and O–H groups in total. The van der Waals surface area contributed by atoms with E-state index < -0.39 is 10.7 Å². The standard InChI is InChI=1S/C13H12FN3O3/c14-10-2-1-3-12(7-10)20-8-9-6-11(17(18)19)4-5-13(9)16-15/h1-7,16H,8,15H2. The van der Waals surface area contributed by atoms with Crippen molar-refractivity contribution in [2.45, 2.75) is 6.61 Å². The molecule has 2 aromatic carbocycles. The smallest absolute Gasteiger partial charge is 0.269 e. The number of nitrogen functional groups attached to an aromatic ring is 1. The van der Waals surface area contributed by atoms with Crippen LogP contribution in [0.3, 0.4) is 0 Å². The fraction of sp³-hybridized carbons (Fsp3) is 0.0769. The normalized spacial score (nSPS) is 10.1. The Hall–Kier alpha value is -2.67. The highest BCUT2D eigenvalue weighted by molar-refractivity contribution is 5.55. The molecule has 0 aromatic heterocycles. The Morgan fingerprint density at radius 2 is 2.10 bits per heavy atom. The van der Waals surface area contributed by atoms with E-state index >= 15 is 0 Å². The predicted molar refractivity (Wildman–Crippen MR) is 71.6 cm³/mol. The molecular weight excluding hydrogens is 265 g/mol. The molecular formula is C13H12FN3O3. The van der Waals surface area contributed by atoms with Crippen molar-refractivity contribution in [2.75, 3.05) is 5.43 Å². The Labute approximate surface area is 114 Å². The zero-order valence-corrected chi connectivity index (χ0v) is 10.4. The van der Waals surface area contributed by atoms with Gasteiger partial charge in [0.1, 0.15) is 18.2 Å². The van der Waals surface area contributed by atoms with Crippen molar-refractivity contribution in [3.8, 4) is 5.75 Å². The van der Waals surface area contributed by atoms with Gasteiger partial charge in [0.2, 0.25) is 0 Å². The first-order valence-corrected chi connectivity index (χ1v) is 5.72. The van der Waals surface area contributed by atoms with Crippen LogP contribution >= 0.6 is 0 Å². The number of hydrogen-bond acceptors (Lipinski definition) is 5. The van der Waals surface area contributed by atoms with Crippen molar-refractivity contribution in [1.29, 1.82) is 0 Å². The molecule has 0 amide bonds. The van der Waals surface area contributed by atoms with Gasteiger partial charge in [-0.2, -0.15) is 0 Å². The Morgan fingerprint density at radius 3 is 2.75 bits per heavy atom. The number of nitro groups is 1. The highest BCUT2D eigenvalue weighted by atomic mass is 19.1. The molecule has 20 heavy (non-hydrogen) atoms. The molecule has 0 unspecified atom stereocenters. The predicted octanol–water partition coefficient (Wildman–Crippen LogP) is 2.60. The molecule has 0 aliphatic carbocycles. The van der Waals surface area contributed by atoms with Crippen molar-refractivity contribution < 1.29 is 14.1 Å². The molecule has 0 aliphatic heterocycles. The van der Waals surface area contributed by atoms with Gasteiger partial charge >= 0.3 is 0 Å². The maximum absolute atomic E-state index is 13.0. The van der Waals surface area contributed by atoms with Crippen molar-refractivity contribution in [3.05, 3.63) is 64.0 Å². The van der Waals surface area contributed by atoms with E-state index in [9.17, 15) is 14.5 Å². The van der Waals surface area contributed by atoms with E-state index in [0.717, 1.165) is 0 Å². The van der Waals surface area contributed by atoms with Gasteiger partial charge in [-0.3, -0.25) is 16.0 Å². The average molecular weight is 277 g/mol. The summed E-state index contributed by atoms with van der Waals surface area (Å²) in [4.78, 5) is 10.2. The largest absolute Gasteiger partial charge is 0.489 e. The molecule has 0 saturated carbocycles. The molecule has 0 radical (unpaired) electrons. The van der Waals surface area contributed by atoms with E-state index in [0.29, 0.717) is 17.0 Å². The third-order valence-electron chi connectivity index (χ3n) is 2.65. The highest BCUT2D eigenvalue weighted by Crippen LogP contribution is 2.23. The fourth-order valence-corrected chi connectivity index (χ4v) is 1.67. The summed E-state index contributed by atoms with van der Waals surface area (Å²) in [6, 6.07) is 9.81. The fourth-order valence-electron chi connectivity index (χ4n) is 1.67. The third-order valence-corrected chi connectivity index (χ3v) is 2.65. The van der Waals surface area contributed by atoms with Crippen molar-refractivity contribution in [3.63, 3.8) is 0 Å². The lowest BCUT2D eigenvalue weighted by molar-refractivity contribution is -0.384. The number of hydrogen-bond donors (Lipinski definition) is 2. The van der Waals surface area contributed by atoms with Crippen LogP contribution in [0.4, 0.5) is 15.8 Å². The number of nitro benzene ring substituents is 1. The van der Waals surface area contributed by atoms with Crippen molar-refractivity contribution >= 4 is 11.4 Å². The number of benzene rings is 2. The second-order valence-electron chi connectivity index (χ2n) is 3.99. The third kappa shape index (κ3) is 3.21. The SMILES string of the molecule is NNc1ccc([N+](=O)[O-])cc1COc1cccc(F)c1. The van der Waals surface area contributed by atoms with Crippen LogP contribution in [0.5, 0.6) is 5.75 Å². The molecule has 6 nitrogen and oxygen atoms in total. The Bertz CT molecular complexity index is 634. The summed E-state index contributed by atoms with van der Waals surface area (Å²) in [5.74, 6) is 5.25. The molecule has 0 saturated heterocycles. The lowest BCUT2D eigenvalue weighted by Crippen LogP contribution is -2.10. The molecule has 0 heterocycles. The van der Waals surface area contributed by atoms with Gasteiger partial charge in [0.25, 0.3) is 5.69 Å². The molecule has 104 valence electrons. The van der Waals surface area contributed by atoms with E-state index in [1.807, 2.05) is 0 Å². The summed E-state index contributed by atoms with van der Waals surface area (Å²) in [5.41, 5.74) is 3.38. The molecule has 0 atom stereocenters. The molecule has 7 heteroatoms. The molecule has 2 rings (SSSR count). The highest BCUT2D eigenvalue weighted by Gasteiger charge is 2.11. The molecule has 0 spiro atoms. The van der Waals surface area contributed by atoms with Gasteiger partial charge in [-0.25, -0.2) is 4.39 Å². The van der Waals surface area contributed by atoms with Crippen LogP contribution in [-0.2, 0) is 6.61 Å². The minimum atomic E-state index is -0.508. The summed E-state index contributed by atoms with van der Waals surface area (Å²) in [6.45, 7) is 0.0324. The van der Waals surface area contributed by atoms with Crippen LogP contribution < -0.4 is 16.0 Å². The number of non-ortho nitro benzene ring substituents is 1. The van der Waals surface area contributed by atoms with Crippen LogP contribution in [0, 0.1) is 15.9 Å². The number of nitrogens with two attached hydrogens (primary N) is 1. The molecule has 0 aliphatic rings. The Kier molecular flexibility index (Phi) is 4.11. The second kappa shape index (κ2) is 5.98. The number of ether oxygens (including phenoxy) is 1. The first kappa shape index (κ1) is 13.8. The lowest BCUT2D eigenvalue weighted by atomic mass is 10.1. The second-order valence-corrected chi connectivity index (χ2v) is 3.99. The minimum absolute atomic E-state index is 0.0324. The number of hydrazine groups is 1. The zero-order valence-electron chi connectivity index (χ0n) is 10.4. The first-order chi connectivity index (χ1) is 9.60. The summed E-state index contributed by atoms with van der Waals surface area (Å²) < 4.78 is 18.4. The summed E-state index contributed by atoms with van der Waals surface area (Å²) >= 11 is 0. The van der Waals surface area contributed by atoms with Crippen LogP contribution in [0.2, 0.25) is 0 Å². The van der Waals surface area contributed by atoms with Gasteiger partial charge in [0.05, 0.1) is 10.6 Å². The van der Waals surface area contributed by atoms with Crippen LogP contribution in [0.15, 0.2) is 42.5 Å². The number of rotatable bonds is 5. The number of anilines is 1. The van der Waals surface area contributed by atoms with E-state index in [1.165, 1.54) is 36.4 Å². The van der Waals surface area contributed by atoms with E-state index in [1.54, 1.807) is 6.07 Å². The quantitative estimate of drug-likeness (QED) is 0.498. The van der Waals surface area contributed by atoms with E-state index in [4.69, 9.17) is 10.6 Å². The maximum Gasteiger partial charge on any atom is 0.269 e. The number of nitrogens with one attached hydrogen (secondary N) is 1. The lowest BCUT2D eigenvalue weighted by Gasteiger charge is -2.10. The van der Waals surface area contributed by atoms with Crippen molar-refractivity contribution in [1.82, 2.24) is 0 Å². The number of halogens is 1. The van der Waals surface area contributed by atoms with Gasteiger partial charge in [-0.15, -0.1) is 0 Å². The van der Waals surface area contributed by atoms with Gasteiger partial charge in [0, 0.05) is 23.8 Å². The zero-order chi connectivity index (χ0) is 14.5. The van der Waals surface area contributed by atoms with Crippen LogP contribution in [-0.4, -0.2) is 4.92 Å². The van der Waals surface area contributed by atoms with Gasteiger partial charge in [0.15, 0.2) is 0 Å². The van der Waals surface area contributed by atoms with Crippen LogP contribution in [0.25, 0.3) is 0 Å². The summed E-state index contributed by atoms with van der Waals surface area (Å²) in [6.07, 6.45) is 0. The Morgan fingerprint density at radius 1 is 1.30 bits per heavy atom. The average Bonchev–Trinajstić information content (AvgIpc) is 2.44. The molecule has 2 aromatic rings. The van der Waals surface area contributed by atoms with Gasteiger partial charge in [-0.1, -0.05) is 6.07 Å². The topological polar surface area (TPSA) is 90.4 Å². The minimum Gasteiger partial charge on any atom is -0.489 e. The monoisotopic (exact) mass is 277 g/mol. The van der Waals surface area contributed by atoms with Crippen molar-refractivity contribution in [2.24, 2.45) is 5.84 Å². The molecule has 0 fully saturated rings. The number of nitrogens with zero attached hydrogens (tertiary/aromatic N) is 1. The molecule has 0 bridgehead atoms. The van der Waals surface area contributed by atoms with Gasteiger partial charge in [-0.05, 0) is 18.2 Å². The maximum atomic E-state index is 13.0. The Balaban J connectivity index is 2.19.